The van der Waals surface area contributed by atoms with Crippen molar-refractivity contribution in [3.05, 3.63) is 47.7 Å². The van der Waals surface area contributed by atoms with Crippen molar-refractivity contribution in [1.82, 2.24) is 0 Å². The maximum Gasteiger partial charge on any atom is 0.343 e. The number of carbonyl (C=O) groups excluding carboxylic acids is 1. The lowest BCUT2D eigenvalue weighted by atomic mass is 10.2. The molecule has 2 rings (SSSR count). The van der Waals surface area contributed by atoms with E-state index in [0.717, 1.165) is 0 Å². The van der Waals surface area contributed by atoms with Crippen molar-refractivity contribution in [2.45, 2.75) is 6.42 Å². The standard InChI is InChI=1S/C12H12O3/c13-12(10-4-2-1-3-5-10)15-11-6-8-14-9-7-11/h1-6H,7-9H2. The minimum atomic E-state index is -0.302. The zero-order valence-electron chi connectivity index (χ0n) is 8.31. The predicted octanol–water partition coefficient (Wildman–Crippen LogP) is 2.15. The lowest BCUT2D eigenvalue weighted by Crippen LogP contribution is -2.11. The second-order valence-electron chi connectivity index (χ2n) is 3.25. The van der Waals surface area contributed by atoms with Crippen LogP contribution in [-0.2, 0) is 9.47 Å². The van der Waals surface area contributed by atoms with Crippen LogP contribution in [0, 0.1) is 0 Å². The van der Waals surface area contributed by atoms with Gasteiger partial charge in [-0.1, -0.05) is 18.2 Å². The summed E-state index contributed by atoms with van der Waals surface area (Å²) in [6, 6.07) is 8.97. The molecular formula is C12H12O3. The molecule has 1 aliphatic heterocycles. The van der Waals surface area contributed by atoms with Crippen molar-refractivity contribution in [3.63, 3.8) is 0 Å². The van der Waals surface area contributed by atoms with Gasteiger partial charge < -0.3 is 9.47 Å². The van der Waals surface area contributed by atoms with Crippen LogP contribution >= 0.6 is 0 Å². The van der Waals surface area contributed by atoms with Crippen molar-refractivity contribution in [1.29, 1.82) is 0 Å². The van der Waals surface area contributed by atoms with Crippen LogP contribution in [0.15, 0.2) is 42.2 Å². The van der Waals surface area contributed by atoms with Gasteiger partial charge in [-0.3, -0.25) is 0 Å². The molecule has 0 atom stereocenters. The van der Waals surface area contributed by atoms with Crippen molar-refractivity contribution in [3.8, 4) is 0 Å². The minimum Gasteiger partial charge on any atom is -0.428 e. The van der Waals surface area contributed by atoms with E-state index in [1.165, 1.54) is 0 Å². The largest absolute Gasteiger partial charge is 0.428 e. The van der Waals surface area contributed by atoms with Crippen molar-refractivity contribution in [2.24, 2.45) is 0 Å². The number of esters is 1. The number of hydrogen-bond acceptors (Lipinski definition) is 3. The first kappa shape index (κ1) is 9.93. The summed E-state index contributed by atoms with van der Waals surface area (Å²) >= 11 is 0. The van der Waals surface area contributed by atoms with E-state index in [4.69, 9.17) is 9.47 Å². The van der Waals surface area contributed by atoms with Gasteiger partial charge in [0.15, 0.2) is 0 Å². The summed E-state index contributed by atoms with van der Waals surface area (Å²) in [4.78, 5) is 11.6. The van der Waals surface area contributed by atoms with Crippen LogP contribution in [0.4, 0.5) is 0 Å². The van der Waals surface area contributed by atoms with Gasteiger partial charge in [-0.25, -0.2) is 4.79 Å². The van der Waals surface area contributed by atoms with Crippen molar-refractivity contribution in [2.75, 3.05) is 13.2 Å². The number of rotatable bonds is 2. The van der Waals surface area contributed by atoms with E-state index >= 15 is 0 Å². The van der Waals surface area contributed by atoms with Crippen LogP contribution in [0.1, 0.15) is 16.8 Å². The SMILES string of the molecule is O=C(OC1=CCOCC1)c1ccccc1. The third-order valence-corrected chi connectivity index (χ3v) is 2.15. The summed E-state index contributed by atoms with van der Waals surface area (Å²) in [5.41, 5.74) is 0.574. The van der Waals surface area contributed by atoms with E-state index in [9.17, 15) is 4.79 Å². The van der Waals surface area contributed by atoms with Gasteiger partial charge in [-0.05, 0) is 18.2 Å². The number of ether oxygens (including phenoxy) is 2. The Morgan fingerprint density at radius 3 is 2.73 bits per heavy atom. The fourth-order valence-electron chi connectivity index (χ4n) is 1.35. The monoisotopic (exact) mass is 204 g/mol. The van der Waals surface area contributed by atoms with Gasteiger partial charge in [0.1, 0.15) is 5.76 Å². The lowest BCUT2D eigenvalue weighted by molar-refractivity contribution is 0.0558. The molecule has 0 amide bonds. The summed E-state index contributed by atoms with van der Waals surface area (Å²) in [5, 5.41) is 0. The summed E-state index contributed by atoms with van der Waals surface area (Å²) in [7, 11) is 0. The summed E-state index contributed by atoms with van der Waals surface area (Å²) in [6.45, 7) is 1.14. The molecule has 78 valence electrons. The normalized spacial score (nSPS) is 15.6. The number of hydrogen-bond donors (Lipinski definition) is 0. The maximum absolute atomic E-state index is 11.6. The Balaban J connectivity index is 2.01. The van der Waals surface area contributed by atoms with Crippen LogP contribution < -0.4 is 0 Å². The van der Waals surface area contributed by atoms with Gasteiger partial charge in [-0.15, -0.1) is 0 Å². The molecule has 0 aromatic heterocycles. The molecule has 0 fully saturated rings. The minimum absolute atomic E-state index is 0.302. The smallest absolute Gasteiger partial charge is 0.343 e. The van der Waals surface area contributed by atoms with Gasteiger partial charge >= 0.3 is 5.97 Å². The second-order valence-corrected chi connectivity index (χ2v) is 3.25. The molecule has 0 saturated heterocycles. The van der Waals surface area contributed by atoms with Gasteiger partial charge in [0.05, 0.1) is 18.8 Å². The van der Waals surface area contributed by atoms with E-state index in [0.29, 0.717) is 31.0 Å². The molecule has 0 unspecified atom stereocenters. The zero-order valence-corrected chi connectivity index (χ0v) is 8.31. The highest BCUT2D eigenvalue weighted by Crippen LogP contribution is 2.12. The molecule has 0 saturated carbocycles. The van der Waals surface area contributed by atoms with Gasteiger partial charge in [0, 0.05) is 6.42 Å². The highest BCUT2D eigenvalue weighted by molar-refractivity contribution is 5.89. The van der Waals surface area contributed by atoms with E-state index in [1.54, 1.807) is 18.2 Å². The van der Waals surface area contributed by atoms with E-state index in [2.05, 4.69) is 0 Å². The number of carbonyl (C=O) groups is 1. The lowest BCUT2D eigenvalue weighted by Gasteiger charge is -2.13. The Hall–Kier alpha value is -1.61. The quantitative estimate of drug-likeness (QED) is 0.692. The first-order chi connectivity index (χ1) is 7.36. The fraction of sp³-hybridized carbons (Fsp3) is 0.250. The Kier molecular flexibility index (Phi) is 3.15. The molecule has 3 heteroatoms. The van der Waals surface area contributed by atoms with Crippen LogP contribution in [0.5, 0.6) is 0 Å². The Morgan fingerprint density at radius 2 is 2.07 bits per heavy atom. The first-order valence-electron chi connectivity index (χ1n) is 4.90. The molecule has 15 heavy (non-hydrogen) atoms. The van der Waals surface area contributed by atoms with Gasteiger partial charge in [0.25, 0.3) is 0 Å². The van der Waals surface area contributed by atoms with Crippen LogP contribution in [0.2, 0.25) is 0 Å². The maximum atomic E-state index is 11.6. The molecule has 3 nitrogen and oxygen atoms in total. The van der Waals surface area contributed by atoms with Crippen LogP contribution in [0.25, 0.3) is 0 Å². The predicted molar refractivity (Wildman–Crippen MR) is 55.4 cm³/mol. The highest BCUT2D eigenvalue weighted by atomic mass is 16.5. The van der Waals surface area contributed by atoms with Gasteiger partial charge in [-0.2, -0.15) is 0 Å². The fourth-order valence-corrected chi connectivity index (χ4v) is 1.35. The Labute approximate surface area is 88.3 Å². The molecule has 1 aliphatic rings. The third kappa shape index (κ3) is 2.67. The molecular weight excluding hydrogens is 192 g/mol. The highest BCUT2D eigenvalue weighted by Gasteiger charge is 2.11. The molecule has 0 radical (unpaired) electrons. The summed E-state index contributed by atoms with van der Waals surface area (Å²) < 4.78 is 10.3. The van der Waals surface area contributed by atoms with E-state index in [1.807, 2.05) is 18.2 Å². The molecule has 1 aromatic carbocycles. The Bertz CT molecular complexity index is 368. The van der Waals surface area contributed by atoms with E-state index in [-0.39, 0.29) is 5.97 Å². The zero-order chi connectivity index (χ0) is 10.5. The van der Waals surface area contributed by atoms with Crippen molar-refractivity contribution < 1.29 is 14.3 Å². The topological polar surface area (TPSA) is 35.5 Å². The van der Waals surface area contributed by atoms with E-state index < -0.39 is 0 Å². The van der Waals surface area contributed by atoms with Crippen LogP contribution in [0.3, 0.4) is 0 Å². The van der Waals surface area contributed by atoms with Crippen LogP contribution in [-0.4, -0.2) is 19.2 Å². The second kappa shape index (κ2) is 4.75. The molecule has 0 bridgehead atoms. The molecule has 0 aliphatic carbocycles. The number of benzene rings is 1. The Morgan fingerprint density at radius 1 is 1.27 bits per heavy atom. The average molecular weight is 204 g/mol. The summed E-state index contributed by atoms with van der Waals surface area (Å²) in [5.74, 6) is 0.402. The summed E-state index contributed by atoms with van der Waals surface area (Å²) in [6.07, 6.45) is 2.46. The molecule has 0 N–H and O–H groups in total. The first-order valence-corrected chi connectivity index (χ1v) is 4.90. The molecule has 0 spiro atoms. The van der Waals surface area contributed by atoms with Crippen molar-refractivity contribution >= 4 is 5.97 Å². The average Bonchev–Trinajstić information content (AvgIpc) is 2.31. The molecule has 1 heterocycles. The molecule has 1 aromatic rings. The third-order valence-electron chi connectivity index (χ3n) is 2.15. The van der Waals surface area contributed by atoms with Gasteiger partial charge in [0.2, 0.25) is 0 Å².